The van der Waals surface area contributed by atoms with E-state index in [-0.39, 0.29) is 21.7 Å². The quantitative estimate of drug-likeness (QED) is 0.172. The average molecular weight is 668 g/mol. The van der Waals surface area contributed by atoms with Gasteiger partial charge in [0.05, 0.1) is 28.3 Å². The Morgan fingerprint density at radius 1 is 1.25 bits per heavy atom. The average Bonchev–Trinajstić information content (AvgIpc) is 3.48. The van der Waals surface area contributed by atoms with Crippen molar-refractivity contribution >= 4 is 62.8 Å². The summed E-state index contributed by atoms with van der Waals surface area (Å²) >= 11 is 6.45. The molecule has 2 aromatic rings. The number of nitrogens with zero attached hydrogens (tertiary/aromatic N) is 2. The van der Waals surface area contributed by atoms with E-state index < -0.39 is 32.0 Å². The standard InChI is InChI=1S/C24H27ClFN5O4S2.C3H4.2C2H6/c1-6-23(25)36-17(5)37(34,35)30-24(33)29-19-7-8-22(21(26)12-19)31(16(4)32)10-9-18(15(2)3)11-20-13-27-14-28-20;1-3-2;2*1-2/h6-15H,5H2,1-4H3,(H,27,28)(H2,29,30,33);1H,2H3;2*1-2H3/b10-9-,18-11-,23-6-;;;. The van der Waals surface area contributed by atoms with Crippen molar-refractivity contribution in [1.29, 1.82) is 0 Å². The first-order chi connectivity index (χ1) is 20.7. The topological polar surface area (TPSA) is 124 Å². The fraction of sp³-hybridized carbons (Fsp3) is 0.323. The molecule has 0 unspecified atom stereocenters. The molecule has 1 aromatic heterocycles. The van der Waals surface area contributed by atoms with Crippen LogP contribution in [0, 0.1) is 24.1 Å². The number of hydrogen-bond acceptors (Lipinski definition) is 6. The van der Waals surface area contributed by atoms with E-state index in [2.05, 4.69) is 34.2 Å². The van der Waals surface area contributed by atoms with Crippen LogP contribution in [0.15, 0.2) is 69.8 Å². The van der Waals surface area contributed by atoms with Crippen LogP contribution in [0.2, 0.25) is 0 Å². The lowest BCUT2D eigenvalue weighted by molar-refractivity contribution is -0.116. The minimum Gasteiger partial charge on any atom is -0.345 e. The fourth-order valence-electron chi connectivity index (χ4n) is 2.79. The van der Waals surface area contributed by atoms with Gasteiger partial charge in [-0.1, -0.05) is 77.6 Å². The minimum absolute atomic E-state index is 0.0341. The minimum atomic E-state index is -4.26. The predicted octanol–water partition coefficient (Wildman–Crippen LogP) is 8.60. The smallest absolute Gasteiger partial charge is 0.333 e. The molecule has 0 saturated carbocycles. The third-order valence-corrected chi connectivity index (χ3v) is 7.76. The number of thioether (sulfide) groups is 1. The highest BCUT2D eigenvalue weighted by atomic mass is 35.5. The van der Waals surface area contributed by atoms with Gasteiger partial charge in [0.1, 0.15) is 10.1 Å². The Kier molecular flexibility index (Phi) is 21.9. The van der Waals surface area contributed by atoms with Gasteiger partial charge >= 0.3 is 6.03 Å². The summed E-state index contributed by atoms with van der Waals surface area (Å²) < 4.78 is 41.0. The molecule has 13 heteroatoms. The molecule has 3 N–H and O–H groups in total. The van der Waals surface area contributed by atoms with Gasteiger partial charge in [0.2, 0.25) is 5.91 Å². The van der Waals surface area contributed by atoms with Crippen molar-refractivity contribution < 1.29 is 22.4 Å². The number of rotatable bonds is 10. The number of hydrogen-bond donors (Lipinski definition) is 3. The summed E-state index contributed by atoms with van der Waals surface area (Å²) in [5.41, 5.74) is 1.55. The highest BCUT2D eigenvalue weighted by Gasteiger charge is 2.21. The number of aromatic amines is 1. The summed E-state index contributed by atoms with van der Waals surface area (Å²) in [4.78, 5) is 32.5. The summed E-state index contributed by atoms with van der Waals surface area (Å²) in [6.45, 7) is 19.9. The lowest BCUT2D eigenvalue weighted by Gasteiger charge is -2.19. The second kappa shape index (κ2) is 22.7. The van der Waals surface area contributed by atoms with Crippen molar-refractivity contribution in [2.45, 2.75) is 62.3 Å². The molecule has 242 valence electrons. The molecule has 0 radical (unpaired) electrons. The molecule has 0 spiro atoms. The lowest BCUT2D eigenvalue weighted by atomic mass is 10.0. The van der Waals surface area contributed by atoms with Gasteiger partial charge in [-0.15, -0.1) is 12.3 Å². The maximum atomic E-state index is 15.0. The van der Waals surface area contributed by atoms with Crippen LogP contribution in [0.1, 0.15) is 68.0 Å². The van der Waals surface area contributed by atoms with Crippen molar-refractivity contribution in [1.82, 2.24) is 14.7 Å². The number of imidazole rings is 1. The van der Waals surface area contributed by atoms with Gasteiger partial charge < -0.3 is 10.3 Å². The number of anilines is 2. The monoisotopic (exact) mass is 667 g/mol. The van der Waals surface area contributed by atoms with Crippen LogP contribution in [-0.2, 0) is 14.8 Å². The molecule has 0 bridgehead atoms. The Labute approximate surface area is 271 Å². The third kappa shape index (κ3) is 15.6. The molecule has 1 aromatic carbocycles. The number of halogens is 2. The van der Waals surface area contributed by atoms with E-state index in [4.69, 9.17) is 11.6 Å². The molecule has 2 rings (SSSR count). The second-order valence-electron chi connectivity index (χ2n) is 8.09. The summed E-state index contributed by atoms with van der Waals surface area (Å²) in [6, 6.07) is 2.46. The van der Waals surface area contributed by atoms with E-state index in [9.17, 15) is 22.4 Å². The van der Waals surface area contributed by atoms with Gasteiger partial charge in [0.25, 0.3) is 10.0 Å². The molecule has 44 heavy (non-hydrogen) atoms. The van der Waals surface area contributed by atoms with Crippen LogP contribution in [0.4, 0.5) is 20.6 Å². The number of amides is 3. The van der Waals surface area contributed by atoms with E-state index in [0.717, 1.165) is 22.2 Å². The predicted molar refractivity (Wildman–Crippen MR) is 185 cm³/mol. The Bertz CT molecular complexity index is 1450. The van der Waals surface area contributed by atoms with Crippen LogP contribution in [0.25, 0.3) is 6.08 Å². The highest BCUT2D eigenvalue weighted by Crippen LogP contribution is 2.30. The van der Waals surface area contributed by atoms with Crippen LogP contribution < -0.4 is 14.9 Å². The van der Waals surface area contributed by atoms with Gasteiger partial charge in [-0.25, -0.2) is 27.3 Å². The number of aromatic nitrogens is 2. The largest absolute Gasteiger partial charge is 0.345 e. The van der Waals surface area contributed by atoms with Gasteiger partial charge in [0.15, 0.2) is 0 Å². The molecular weight excluding hydrogens is 625 g/mol. The van der Waals surface area contributed by atoms with E-state index in [1.807, 2.05) is 47.6 Å². The van der Waals surface area contributed by atoms with E-state index in [0.29, 0.717) is 11.8 Å². The van der Waals surface area contributed by atoms with E-state index >= 15 is 0 Å². The van der Waals surface area contributed by atoms with Crippen LogP contribution >= 0.6 is 23.4 Å². The summed E-state index contributed by atoms with van der Waals surface area (Å²) in [5, 5.41) is 2.24. The molecule has 1 heterocycles. The molecule has 0 aliphatic rings. The Morgan fingerprint density at radius 2 is 1.84 bits per heavy atom. The number of terminal acetylenes is 1. The SMILES string of the molecule is C#CC.C=C(S/C(Cl)=C\C)S(=O)(=O)NC(=O)Nc1ccc(N(/C=C\C(=C\c2cnc[nH]2)C(C)C)C(C)=O)c(F)c1.CC.CC. The molecule has 0 atom stereocenters. The molecule has 0 aliphatic carbocycles. The summed E-state index contributed by atoms with van der Waals surface area (Å²) in [6.07, 6.45) is 14.3. The Balaban J connectivity index is 0. The Hall–Kier alpha value is -3.79. The summed E-state index contributed by atoms with van der Waals surface area (Å²) in [7, 11) is -4.26. The molecular formula is C31H43ClFN5O4S2. The zero-order chi connectivity index (χ0) is 34.5. The number of carbonyl (C=O) groups excluding carboxylic acids is 2. The first kappa shape index (κ1) is 42.3. The lowest BCUT2D eigenvalue weighted by Crippen LogP contribution is -2.34. The number of urea groups is 1. The Morgan fingerprint density at radius 3 is 2.30 bits per heavy atom. The van der Waals surface area contributed by atoms with E-state index in [1.54, 1.807) is 37.2 Å². The zero-order valence-corrected chi connectivity index (χ0v) is 29.0. The first-order valence-electron chi connectivity index (χ1n) is 13.6. The maximum Gasteiger partial charge on any atom is 0.333 e. The van der Waals surface area contributed by atoms with Crippen LogP contribution in [0.3, 0.4) is 0 Å². The second-order valence-corrected chi connectivity index (χ2v) is 11.8. The van der Waals surface area contributed by atoms with Gasteiger partial charge in [-0.05, 0) is 55.7 Å². The molecule has 0 fully saturated rings. The van der Waals surface area contributed by atoms with Crippen molar-refractivity contribution in [3.8, 4) is 12.3 Å². The van der Waals surface area contributed by atoms with Gasteiger partial charge in [-0.3, -0.25) is 9.69 Å². The molecule has 3 amide bonds. The van der Waals surface area contributed by atoms with Gasteiger partial charge in [-0.2, -0.15) is 0 Å². The van der Waals surface area contributed by atoms with E-state index in [1.165, 1.54) is 31.3 Å². The highest BCUT2D eigenvalue weighted by molar-refractivity contribution is 8.21. The molecule has 0 saturated heterocycles. The van der Waals surface area contributed by atoms with Crippen LogP contribution in [-0.4, -0.2) is 30.3 Å². The number of carbonyl (C=O) groups is 2. The number of sulfonamides is 1. The first-order valence-corrected chi connectivity index (χ1v) is 16.3. The third-order valence-electron chi connectivity index (χ3n) is 4.69. The van der Waals surface area contributed by atoms with Crippen LogP contribution in [0.5, 0.6) is 0 Å². The number of benzene rings is 1. The zero-order valence-electron chi connectivity index (χ0n) is 26.7. The normalized spacial score (nSPS) is 11.1. The van der Waals surface area contributed by atoms with Crippen molar-refractivity contribution in [2.75, 3.05) is 10.2 Å². The maximum absolute atomic E-state index is 15.0. The fourth-order valence-corrected chi connectivity index (χ4v) is 4.78. The number of allylic oxidation sites excluding steroid dienone is 3. The summed E-state index contributed by atoms with van der Waals surface area (Å²) in [5.74, 6) is 1.09. The molecule has 9 nitrogen and oxygen atoms in total. The number of H-pyrrole nitrogens is 1. The number of nitrogens with one attached hydrogen (secondary N) is 3. The van der Waals surface area contributed by atoms with Gasteiger partial charge in [0, 0.05) is 18.8 Å². The van der Waals surface area contributed by atoms with Crippen molar-refractivity contribution in [2.24, 2.45) is 5.92 Å². The molecule has 0 aliphatic heterocycles. The van der Waals surface area contributed by atoms with Crippen molar-refractivity contribution in [3.63, 3.8) is 0 Å². The van der Waals surface area contributed by atoms with Crippen molar-refractivity contribution in [3.05, 3.63) is 81.3 Å².